The van der Waals surface area contributed by atoms with Gasteiger partial charge in [0.05, 0.1) is 16.8 Å². The van der Waals surface area contributed by atoms with Crippen LogP contribution in [0.4, 0.5) is 0 Å². The number of para-hydroxylation sites is 4. The number of rotatable bonds is 4. The summed E-state index contributed by atoms with van der Waals surface area (Å²) in [6.45, 7) is 0. The molecule has 1 spiro atoms. The van der Waals surface area contributed by atoms with Crippen molar-refractivity contribution in [3.05, 3.63) is 229 Å². The molecule has 0 unspecified atom stereocenters. The lowest BCUT2D eigenvalue weighted by Gasteiger charge is -2.39. The van der Waals surface area contributed by atoms with E-state index in [2.05, 4.69) is 194 Å². The molecule has 0 fully saturated rings. The van der Waals surface area contributed by atoms with Gasteiger partial charge in [-0.1, -0.05) is 170 Å². The van der Waals surface area contributed by atoms with E-state index in [0.29, 0.717) is 5.82 Å². The van der Waals surface area contributed by atoms with Gasteiger partial charge in [-0.15, -0.1) is 0 Å². The lowest BCUT2D eigenvalue weighted by Crippen LogP contribution is -2.32. The molecule has 4 nitrogen and oxygen atoms in total. The van der Waals surface area contributed by atoms with Crippen LogP contribution in [0.5, 0.6) is 11.5 Å². The number of fused-ring (bicyclic) bond motifs is 13. The van der Waals surface area contributed by atoms with Crippen molar-refractivity contribution in [1.82, 2.24) is 9.97 Å². The van der Waals surface area contributed by atoms with Gasteiger partial charge < -0.3 is 9.15 Å². The second-order valence-electron chi connectivity index (χ2n) is 16.0. The van der Waals surface area contributed by atoms with Gasteiger partial charge in [-0.3, -0.25) is 0 Å². The molecule has 0 saturated carbocycles. The number of aromatic nitrogens is 2. The quantitative estimate of drug-likeness (QED) is 0.179. The van der Waals surface area contributed by atoms with Crippen LogP contribution in [0.3, 0.4) is 0 Å². The molecule has 0 saturated heterocycles. The van der Waals surface area contributed by atoms with E-state index in [-0.39, 0.29) is 0 Å². The molecule has 2 aliphatic rings. The highest BCUT2D eigenvalue weighted by Gasteiger charge is 2.51. The summed E-state index contributed by atoms with van der Waals surface area (Å²) in [7, 11) is 0. The smallest absolute Gasteiger partial charge is 0.160 e. The van der Waals surface area contributed by atoms with Crippen LogP contribution < -0.4 is 4.74 Å². The van der Waals surface area contributed by atoms with Crippen LogP contribution in [-0.2, 0) is 5.41 Å². The highest BCUT2D eigenvalue weighted by molar-refractivity contribution is 6.09. The molecule has 9 aromatic carbocycles. The second kappa shape index (κ2) is 13.0. The Hall–Kier alpha value is -8.08. The standard InChI is InChI=1S/C57H34N2O2/c1-2-17-37-35(15-1)16-13-22-38(37)39-18-3-4-20-41(39)50-34-51(44-24-14-23-43-42-21-6-10-28-52(42)61-55(43)44)59-56(58-50)36-31-32-47-45(33-36)40-19-5-7-25-46(40)57(47)48-26-8-11-29-53(48)60-54-30-12-9-27-49(54)57/h1-34H. The van der Waals surface area contributed by atoms with E-state index in [9.17, 15) is 0 Å². The van der Waals surface area contributed by atoms with Gasteiger partial charge >= 0.3 is 0 Å². The molecule has 2 aromatic heterocycles. The van der Waals surface area contributed by atoms with Crippen LogP contribution in [0.2, 0.25) is 0 Å². The normalized spacial score (nSPS) is 13.2. The molecule has 284 valence electrons. The fourth-order valence-electron chi connectivity index (χ4n) is 10.2. The largest absolute Gasteiger partial charge is 0.457 e. The second-order valence-corrected chi connectivity index (χ2v) is 16.0. The summed E-state index contributed by atoms with van der Waals surface area (Å²) in [5.74, 6) is 2.39. The third-order valence-electron chi connectivity index (χ3n) is 12.8. The van der Waals surface area contributed by atoms with Gasteiger partial charge in [0.15, 0.2) is 5.82 Å². The lowest BCUT2D eigenvalue weighted by atomic mass is 9.66. The predicted molar refractivity (Wildman–Crippen MR) is 246 cm³/mol. The Morgan fingerprint density at radius 2 is 0.918 bits per heavy atom. The highest BCUT2D eigenvalue weighted by atomic mass is 16.5. The lowest BCUT2D eigenvalue weighted by molar-refractivity contribution is 0.436. The van der Waals surface area contributed by atoms with Crippen LogP contribution in [0.25, 0.3) is 88.9 Å². The number of ether oxygens (including phenoxy) is 1. The van der Waals surface area contributed by atoms with Gasteiger partial charge in [0, 0.05) is 38.6 Å². The summed E-state index contributed by atoms with van der Waals surface area (Å²) in [5.41, 5.74) is 14.9. The van der Waals surface area contributed by atoms with E-state index in [4.69, 9.17) is 19.1 Å². The Morgan fingerprint density at radius 1 is 0.361 bits per heavy atom. The molecule has 0 atom stereocenters. The van der Waals surface area contributed by atoms with Crippen molar-refractivity contribution in [3.63, 3.8) is 0 Å². The van der Waals surface area contributed by atoms with E-state index in [1.54, 1.807) is 0 Å². The average molecular weight is 779 g/mol. The molecule has 13 rings (SSSR count). The third-order valence-corrected chi connectivity index (χ3v) is 12.8. The molecule has 61 heavy (non-hydrogen) atoms. The van der Waals surface area contributed by atoms with Crippen molar-refractivity contribution >= 4 is 32.7 Å². The minimum Gasteiger partial charge on any atom is -0.457 e. The molecule has 0 amide bonds. The first kappa shape index (κ1) is 33.8. The zero-order valence-corrected chi connectivity index (χ0v) is 32.8. The fourth-order valence-corrected chi connectivity index (χ4v) is 10.2. The van der Waals surface area contributed by atoms with Crippen molar-refractivity contribution < 1.29 is 9.15 Å². The molecular formula is C57H34N2O2. The van der Waals surface area contributed by atoms with E-state index >= 15 is 0 Å². The van der Waals surface area contributed by atoms with Gasteiger partial charge in [-0.05, 0) is 80.6 Å². The third kappa shape index (κ3) is 4.87. The molecule has 0 radical (unpaired) electrons. The molecule has 1 aliphatic carbocycles. The maximum absolute atomic E-state index is 6.62. The first-order valence-corrected chi connectivity index (χ1v) is 20.7. The van der Waals surface area contributed by atoms with Crippen molar-refractivity contribution in [1.29, 1.82) is 0 Å². The van der Waals surface area contributed by atoms with E-state index < -0.39 is 5.41 Å². The van der Waals surface area contributed by atoms with Crippen molar-refractivity contribution in [2.75, 3.05) is 0 Å². The van der Waals surface area contributed by atoms with E-state index in [1.807, 2.05) is 12.1 Å². The van der Waals surface area contributed by atoms with E-state index in [0.717, 1.165) is 89.3 Å². The topological polar surface area (TPSA) is 48.2 Å². The SMILES string of the molecule is c1ccc2c(c1)Oc1ccccc1C21c2ccccc2-c2cc(-c3nc(-c4ccccc4-c4cccc5ccccc45)cc(-c4cccc5c4oc4ccccc45)n3)ccc21. The fraction of sp³-hybridized carbons (Fsp3) is 0.0175. The average Bonchev–Trinajstić information content (AvgIpc) is 3.85. The maximum Gasteiger partial charge on any atom is 0.160 e. The summed E-state index contributed by atoms with van der Waals surface area (Å²) in [6.07, 6.45) is 0. The molecule has 0 N–H and O–H groups in total. The van der Waals surface area contributed by atoms with Crippen molar-refractivity contribution in [2.45, 2.75) is 5.41 Å². The highest BCUT2D eigenvalue weighted by Crippen LogP contribution is 2.62. The number of hydrogen-bond acceptors (Lipinski definition) is 4. The number of benzene rings is 9. The Labute approximate surface area is 352 Å². The van der Waals surface area contributed by atoms with Crippen LogP contribution in [0, 0.1) is 0 Å². The molecular weight excluding hydrogens is 745 g/mol. The maximum atomic E-state index is 6.62. The zero-order valence-electron chi connectivity index (χ0n) is 32.8. The van der Waals surface area contributed by atoms with Crippen molar-refractivity contribution in [2.24, 2.45) is 0 Å². The Kier molecular flexibility index (Phi) is 7.19. The zero-order chi connectivity index (χ0) is 40.1. The summed E-state index contributed by atoms with van der Waals surface area (Å²) in [5, 5.41) is 4.53. The van der Waals surface area contributed by atoms with Crippen molar-refractivity contribution in [3.8, 4) is 67.7 Å². The predicted octanol–water partition coefficient (Wildman–Crippen LogP) is 14.7. The van der Waals surface area contributed by atoms with E-state index in [1.165, 1.54) is 27.5 Å². The minimum absolute atomic E-state index is 0.557. The van der Waals surface area contributed by atoms with Crippen LogP contribution in [0.1, 0.15) is 22.3 Å². The Bertz CT molecular complexity index is 3550. The molecule has 4 heteroatoms. The van der Waals surface area contributed by atoms with Crippen LogP contribution in [-0.4, -0.2) is 9.97 Å². The van der Waals surface area contributed by atoms with Crippen LogP contribution in [0.15, 0.2) is 211 Å². The van der Waals surface area contributed by atoms with Gasteiger partial charge in [0.25, 0.3) is 0 Å². The Morgan fingerprint density at radius 3 is 1.74 bits per heavy atom. The molecule has 3 heterocycles. The van der Waals surface area contributed by atoms with Gasteiger partial charge in [0.1, 0.15) is 22.7 Å². The molecule has 11 aromatic rings. The number of hydrogen-bond donors (Lipinski definition) is 0. The van der Waals surface area contributed by atoms with Gasteiger partial charge in [-0.2, -0.15) is 0 Å². The Balaban J connectivity index is 1.07. The summed E-state index contributed by atoms with van der Waals surface area (Å²) in [6, 6.07) is 72.9. The summed E-state index contributed by atoms with van der Waals surface area (Å²) < 4.78 is 13.2. The summed E-state index contributed by atoms with van der Waals surface area (Å²) in [4.78, 5) is 10.9. The summed E-state index contributed by atoms with van der Waals surface area (Å²) >= 11 is 0. The first-order chi connectivity index (χ1) is 30.2. The molecule has 0 bridgehead atoms. The first-order valence-electron chi connectivity index (χ1n) is 20.7. The minimum atomic E-state index is -0.557. The number of nitrogens with zero attached hydrogens (tertiary/aromatic N) is 2. The molecule has 1 aliphatic heterocycles. The van der Waals surface area contributed by atoms with Gasteiger partial charge in [-0.25, -0.2) is 9.97 Å². The monoisotopic (exact) mass is 778 g/mol. The van der Waals surface area contributed by atoms with Crippen LogP contribution >= 0.6 is 0 Å². The number of furan rings is 1. The van der Waals surface area contributed by atoms with Gasteiger partial charge in [0.2, 0.25) is 0 Å².